The largest absolute Gasteiger partial charge is 0.244 e. The van der Waals surface area contributed by atoms with Crippen molar-refractivity contribution in [2.75, 3.05) is 7.05 Å². The van der Waals surface area contributed by atoms with Crippen molar-refractivity contribution in [2.45, 2.75) is 17.9 Å². The fourth-order valence-electron chi connectivity index (χ4n) is 3.04. The molecule has 3 aromatic carbocycles. The highest BCUT2D eigenvalue weighted by molar-refractivity contribution is 7.89. The van der Waals surface area contributed by atoms with Crippen LogP contribution in [0.3, 0.4) is 0 Å². The number of rotatable bonds is 5. The monoisotopic (exact) mass is 387 g/mol. The predicted octanol–water partition coefficient (Wildman–Crippen LogP) is 4.68. The Balaban J connectivity index is 2.14. The zero-order valence-electron chi connectivity index (χ0n) is 14.9. The molecule has 0 fully saturated rings. The van der Waals surface area contributed by atoms with Gasteiger partial charge in [0, 0.05) is 7.05 Å². The Morgan fingerprint density at radius 2 is 1.37 bits per heavy atom. The smallest absolute Gasteiger partial charge is 0.207 e. The van der Waals surface area contributed by atoms with Gasteiger partial charge in [-0.15, -0.1) is 0 Å². The number of benzene rings is 3. The van der Waals surface area contributed by atoms with E-state index in [4.69, 9.17) is 0 Å². The van der Waals surface area contributed by atoms with Crippen molar-refractivity contribution in [3.05, 3.63) is 101 Å². The lowest BCUT2D eigenvalue weighted by Crippen LogP contribution is -2.32. The van der Waals surface area contributed by atoms with E-state index in [1.54, 1.807) is 43.3 Å². The molecule has 0 amide bonds. The van der Waals surface area contributed by atoms with Crippen LogP contribution in [0.15, 0.2) is 77.7 Å². The summed E-state index contributed by atoms with van der Waals surface area (Å²) in [4.78, 5) is -0.0898. The van der Waals surface area contributed by atoms with Crippen LogP contribution < -0.4 is 0 Å². The first-order valence-corrected chi connectivity index (χ1v) is 9.79. The number of halogens is 2. The van der Waals surface area contributed by atoms with Gasteiger partial charge in [-0.3, -0.25) is 0 Å². The molecule has 0 aliphatic carbocycles. The third kappa shape index (κ3) is 3.91. The second-order valence-corrected chi connectivity index (χ2v) is 8.26. The van der Waals surface area contributed by atoms with Crippen LogP contribution in [0.5, 0.6) is 0 Å². The molecule has 140 valence electrons. The van der Waals surface area contributed by atoms with E-state index >= 15 is 0 Å². The molecule has 0 bridgehead atoms. The summed E-state index contributed by atoms with van der Waals surface area (Å²) in [5, 5.41) is 0. The molecule has 1 atom stereocenters. The van der Waals surface area contributed by atoms with Gasteiger partial charge in [0.2, 0.25) is 10.0 Å². The lowest BCUT2D eigenvalue weighted by atomic mass is 9.99. The van der Waals surface area contributed by atoms with Gasteiger partial charge in [0.25, 0.3) is 0 Å². The molecule has 0 spiro atoms. The highest BCUT2D eigenvalue weighted by Crippen LogP contribution is 2.33. The summed E-state index contributed by atoms with van der Waals surface area (Å²) in [5.74, 6) is -1.03. The molecule has 0 radical (unpaired) electrons. The molecule has 0 aliphatic rings. The van der Waals surface area contributed by atoms with Crippen molar-refractivity contribution in [3.8, 4) is 0 Å². The Morgan fingerprint density at radius 3 is 2.00 bits per heavy atom. The second kappa shape index (κ2) is 7.58. The van der Waals surface area contributed by atoms with Gasteiger partial charge in [-0.05, 0) is 47.9 Å². The van der Waals surface area contributed by atoms with Crippen molar-refractivity contribution < 1.29 is 17.2 Å². The fourth-order valence-corrected chi connectivity index (χ4v) is 4.61. The van der Waals surface area contributed by atoms with Gasteiger partial charge >= 0.3 is 0 Å². The number of aryl methyl sites for hydroxylation is 1. The van der Waals surface area contributed by atoms with Crippen LogP contribution in [0.1, 0.15) is 22.7 Å². The van der Waals surface area contributed by atoms with E-state index in [1.807, 2.05) is 6.07 Å². The summed E-state index contributed by atoms with van der Waals surface area (Å²) in [6, 6.07) is 17.7. The molecular formula is C21H19F2NO2S. The first kappa shape index (κ1) is 19.2. The second-order valence-electron chi connectivity index (χ2n) is 6.30. The van der Waals surface area contributed by atoms with Gasteiger partial charge in [-0.2, -0.15) is 4.31 Å². The molecule has 0 heterocycles. The van der Waals surface area contributed by atoms with Crippen molar-refractivity contribution in [3.63, 3.8) is 0 Å². The van der Waals surface area contributed by atoms with E-state index in [0.717, 1.165) is 11.6 Å². The van der Waals surface area contributed by atoms with Gasteiger partial charge in [-0.25, -0.2) is 17.2 Å². The zero-order valence-corrected chi connectivity index (χ0v) is 15.7. The average Bonchev–Trinajstić information content (AvgIpc) is 2.66. The Morgan fingerprint density at radius 1 is 0.815 bits per heavy atom. The van der Waals surface area contributed by atoms with Crippen LogP contribution in [0.2, 0.25) is 0 Å². The molecule has 27 heavy (non-hydrogen) atoms. The molecule has 6 heteroatoms. The minimum absolute atomic E-state index is 0.0898. The molecule has 0 saturated heterocycles. The maximum atomic E-state index is 13.7. The number of sulfonamides is 1. The molecule has 0 N–H and O–H groups in total. The van der Waals surface area contributed by atoms with Crippen LogP contribution in [0, 0.1) is 18.6 Å². The highest BCUT2D eigenvalue weighted by Gasteiger charge is 2.31. The predicted molar refractivity (Wildman–Crippen MR) is 101 cm³/mol. The average molecular weight is 387 g/mol. The van der Waals surface area contributed by atoms with Gasteiger partial charge in [-0.1, -0.05) is 48.5 Å². The third-order valence-corrected chi connectivity index (χ3v) is 6.44. The van der Waals surface area contributed by atoms with E-state index < -0.39 is 27.7 Å². The van der Waals surface area contributed by atoms with Crippen LogP contribution in [-0.2, 0) is 10.0 Å². The highest BCUT2D eigenvalue weighted by atomic mass is 32.2. The van der Waals surface area contributed by atoms with Gasteiger partial charge in [0.15, 0.2) is 0 Å². The summed E-state index contributed by atoms with van der Waals surface area (Å²) in [5.41, 5.74) is 1.79. The topological polar surface area (TPSA) is 37.4 Å². The number of hydrogen-bond acceptors (Lipinski definition) is 2. The number of hydrogen-bond donors (Lipinski definition) is 0. The first-order valence-electron chi connectivity index (χ1n) is 8.35. The van der Waals surface area contributed by atoms with Crippen LogP contribution >= 0.6 is 0 Å². The normalized spacial score (nSPS) is 12.9. The first-order chi connectivity index (χ1) is 12.8. The summed E-state index contributed by atoms with van der Waals surface area (Å²) < 4.78 is 54.8. The van der Waals surface area contributed by atoms with Crippen molar-refractivity contribution in [1.82, 2.24) is 4.31 Å². The van der Waals surface area contributed by atoms with Crippen LogP contribution in [0.25, 0.3) is 0 Å². The summed E-state index contributed by atoms with van der Waals surface area (Å²) in [7, 11) is -2.55. The molecule has 3 rings (SSSR count). The van der Waals surface area contributed by atoms with Crippen molar-refractivity contribution in [2.24, 2.45) is 0 Å². The van der Waals surface area contributed by atoms with E-state index in [0.29, 0.717) is 11.1 Å². The van der Waals surface area contributed by atoms with E-state index in [1.165, 1.54) is 35.6 Å². The summed E-state index contributed by atoms with van der Waals surface area (Å²) >= 11 is 0. The molecule has 1 unspecified atom stereocenters. The Labute approximate surface area is 157 Å². The number of nitrogens with zero attached hydrogens (tertiary/aromatic N) is 1. The fraction of sp³-hybridized carbons (Fsp3) is 0.143. The molecule has 3 aromatic rings. The van der Waals surface area contributed by atoms with Crippen LogP contribution in [-0.4, -0.2) is 19.8 Å². The summed E-state index contributed by atoms with van der Waals surface area (Å²) in [6.45, 7) is 1.62. The summed E-state index contributed by atoms with van der Waals surface area (Å²) in [6.07, 6.45) is 0. The standard InChI is InChI=1S/C21H19F2NO2S/c1-15-8-11-19(23)14-20(15)27(25,26)24(2)21(16-6-4-3-5-7-16)17-9-12-18(22)13-10-17/h3-14,21H,1-2H3. The van der Waals surface area contributed by atoms with Crippen molar-refractivity contribution in [1.29, 1.82) is 0 Å². The van der Waals surface area contributed by atoms with Gasteiger partial charge < -0.3 is 0 Å². The quantitative estimate of drug-likeness (QED) is 0.637. The van der Waals surface area contributed by atoms with Gasteiger partial charge in [0.1, 0.15) is 11.6 Å². The lowest BCUT2D eigenvalue weighted by molar-refractivity contribution is 0.417. The Hall–Kier alpha value is -2.57. The van der Waals surface area contributed by atoms with E-state index in [9.17, 15) is 17.2 Å². The van der Waals surface area contributed by atoms with Crippen LogP contribution in [0.4, 0.5) is 8.78 Å². The molecule has 3 nitrogen and oxygen atoms in total. The minimum atomic E-state index is -4.00. The SMILES string of the molecule is Cc1ccc(F)cc1S(=O)(=O)N(C)C(c1ccccc1)c1ccc(F)cc1. The zero-order chi connectivity index (χ0) is 19.6. The molecular weight excluding hydrogens is 368 g/mol. The molecule has 0 saturated carbocycles. The van der Waals surface area contributed by atoms with E-state index in [2.05, 4.69) is 0 Å². The minimum Gasteiger partial charge on any atom is -0.207 e. The maximum Gasteiger partial charge on any atom is 0.244 e. The molecule has 0 aliphatic heterocycles. The third-order valence-electron chi connectivity index (χ3n) is 4.47. The maximum absolute atomic E-state index is 13.7. The van der Waals surface area contributed by atoms with Gasteiger partial charge in [0.05, 0.1) is 10.9 Å². The molecule has 0 aromatic heterocycles. The Kier molecular flexibility index (Phi) is 5.39. The lowest BCUT2D eigenvalue weighted by Gasteiger charge is -2.29. The van der Waals surface area contributed by atoms with Crippen molar-refractivity contribution >= 4 is 10.0 Å². The van der Waals surface area contributed by atoms with E-state index in [-0.39, 0.29) is 4.90 Å². The Bertz CT molecular complexity index is 1040.